The Bertz CT molecular complexity index is 1310. The van der Waals surface area contributed by atoms with E-state index in [2.05, 4.69) is 9.97 Å². The van der Waals surface area contributed by atoms with E-state index in [0.29, 0.717) is 33.2 Å². The number of hydrogen-bond acceptors (Lipinski definition) is 7. The summed E-state index contributed by atoms with van der Waals surface area (Å²) in [4.78, 5) is 33.4. The molecule has 162 valence electrons. The number of Topliss-reactive ketones (excluding diaryl/α,β-unsaturated/α-hetero) is 1. The lowest BCUT2D eigenvalue weighted by Gasteiger charge is -2.13. The summed E-state index contributed by atoms with van der Waals surface area (Å²) in [7, 11) is 3.06. The van der Waals surface area contributed by atoms with Crippen molar-refractivity contribution in [2.45, 2.75) is 13.3 Å². The van der Waals surface area contributed by atoms with E-state index in [4.69, 9.17) is 9.47 Å². The van der Waals surface area contributed by atoms with Crippen molar-refractivity contribution in [3.8, 4) is 22.1 Å². The second kappa shape index (κ2) is 8.76. The van der Waals surface area contributed by atoms with Gasteiger partial charge in [0, 0.05) is 29.9 Å². The maximum absolute atomic E-state index is 13.0. The van der Waals surface area contributed by atoms with Crippen molar-refractivity contribution in [2.75, 3.05) is 14.2 Å². The summed E-state index contributed by atoms with van der Waals surface area (Å²) in [6, 6.07) is 10.1. The Balaban J connectivity index is 1.71. The Labute approximate surface area is 188 Å². The molecule has 2 heterocycles. The van der Waals surface area contributed by atoms with Crippen molar-refractivity contribution in [2.24, 2.45) is 0 Å². The van der Waals surface area contributed by atoms with E-state index in [0.717, 1.165) is 15.8 Å². The monoisotopic (exact) mass is 448 g/mol. The molecule has 0 amide bonds. The first-order chi connectivity index (χ1) is 15.4. The molecule has 0 saturated carbocycles. The highest BCUT2D eigenvalue weighted by Crippen LogP contribution is 2.33. The number of hydrogen-bond donors (Lipinski definition) is 1. The number of methoxy groups -OCH3 is 2. The third kappa shape index (κ3) is 4.17. The average Bonchev–Trinajstić information content (AvgIpc) is 3.22. The first-order valence-electron chi connectivity index (χ1n) is 9.73. The number of fused-ring (bicyclic) bond motifs is 1. The number of pyridine rings is 1. The van der Waals surface area contributed by atoms with Crippen molar-refractivity contribution < 1.29 is 24.2 Å². The molecule has 2 aromatic carbocycles. The predicted molar refractivity (Wildman–Crippen MR) is 122 cm³/mol. The maximum atomic E-state index is 13.0. The van der Waals surface area contributed by atoms with Crippen molar-refractivity contribution >= 4 is 33.3 Å². The number of carboxylic acid groups (broad SMARTS) is 1. The van der Waals surface area contributed by atoms with Crippen LogP contribution in [0.1, 0.15) is 31.8 Å². The number of aromatic nitrogens is 2. The zero-order valence-corrected chi connectivity index (χ0v) is 18.5. The summed E-state index contributed by atoms with van der Waals surface area (Å²) >= 11 is 1.42. The van der Waals surface area contributed by atoms with Gasteiger partial charge in [-0.2, -0.15) is 0 Å². The fourth-order valence-electron chi connectivity index (χ4n) is 3.55. The lowest BCUT2D eigenvalue weighted by atomic mass is 9.97. The van der Waals surface area contributed by atoms with Crippen LogP contribution in [-0.4, -0.2) is 41.0 Å². The van der Waals surface area contributed by atoms with E-state index in [-0.39, 0.29) is 17.8 Å². The minimum Gasteiger partial charge on any atom is -0.493 e. The van der Waals surface area contributed by atoms with Crippen LogP contribution in [0.5, 0.6) is 11.5 Å². The van der Waals surface area contributed by atoms with Gasteiger partial charge >= 0.3 is 5.97 Å². The third-order valence-corrected chi connectivity index (χ3v) is 6.08. The highest BCUT2D eigenvalue weighted by atomic mass is 32.1. The fourth-order valence-corrected chi connectivity index (χ4v) is 4.47. The molecular weight excluding hydrogens is 428 g/mol. The van der Waals surface area contributed by atoms with Gasteiger partial charge in [-0.15, -0.1) is 11.3 Å². The van der Waals surface area contributed by atoms with Gasteiger partial charge in [-0.25, -0.2) is 9.78 Å². The lowest BCUT2D eigenvalue weighted by molar-refractivity contribution is 0.0696. The highest BCUT2D eigenvalue weighted by Gasteiger charge is 2.17. The molecule has 0 bridgehead atoms. The number of carboxylic acids is 1. The number of rotatable bonds is 7. The Morgan fingerprint density at radius 2 is 1.88 bits per heavy atom. The van der Waals surface area contributed by atoms with Gasteiger partial charge in [0.25, 0.3) is 0 Å². The summed E-state index contributed by atoms with van der Waals surface area (Å²) in [5.41, 5.74) is 3.38. The molecule has 0 fully saturated rings. The van der Waals surface area contributed by atoms with Crippen molar-refractivity contribution in [1.29, 1.82) is 0 Å². The molecule has 4 rings (SSSR count). The molecule has 0 aliphatic heterocycles. The van der Waals surface area contributed by atoms with Crippen LogP contribution in [0.2, 0.25) is 0 Å². The molecule has 0 aliphatic rings. The molecule has 0 aliphatic carbocycles. The standard InChI is InChI=1S/C24H20N2O5S/c1-13-6-15(11-20(30-2)22(13)31-3)19(27)9-14-7-16(10-17(8-14)24(28)29)23-26-18-4-5-25-12-21(18)32-23/h4-8,10-12H,9H2,1-3H3,(H,28,29). The van der Waals surface area contributed by atoms with Gasteiger partial charge in [0.05, 0.1) is 30.0 Å². The molecule has 4 aromatic rings. The summed E-state index contributed by atoms with van der Waals surface area (Å²) in [6.45, 7) is 1.84. The van der Waals surface area contributed by atoms with Gasteiger partial charge in [-0.1, -0.05) is 0 Å². The average molecular weight is 449 g/mol. The third-order valence-electron chi connectivity index (χ3n) is 5.03. The van der Waals surface area contributed by atoms with E-state index in [1.807, 2.05) is 13.0 Å². The van der Waals surface area contributed by atoms with Gasteiger partial charge in [0.2, 0.25) is 0 Å². The minimum atomic E-state index is -1.06. The van der Waals surface area contributed by atoms with Crippen LogP contribution in [0.4, 0.5) is 0 Å². The minimum absolute atomic E-state index is 0.0372. The lowest BCUT2D eigenvalue weighted by Crippen LogP contribution is -2.07. The van der Waals surface area contributed by atoms with Gasteiger partial charge in [-0.05, 0) is 54.4 Å². The van der Waals surface area contributed by atoms with Crippen LogP contribution in [-0.2, 0) is 6.42 Å². The zero-order valence-electron chi connectivity index (χ0n) is 17.7. The van der Waals surface area contributed by atoms with Gasteiger partial charge in [-0.3, -0.25) is 9.78 Å². The van der Waals surface area contributed by atoms with Gasteiger partial charge in [0.1, 0.15) is 5.01 Å². The van der Waals surface area contributed by atoms with E-state index in [1.54, 1.807) is 43.8 Å². The number of aryl methyl sites for hydroxylation is 1. The second-order valence-electron chi connectivity index (χ2n) is 7.21. The number of carbonyl (C=O) groups is 2. The Morgan fingerprint density at radius 1 is 1.06 bits per heavy atom. The van der Waals surface area contributed by atoms with Crippen LogP contribution >= 0.6 is 11.3 Å². The Morgan fingerprint density at radius 3 is 2.56 bits per heavy atom. The summed E-state index contributed by atoms with van der Waals surface area (Å²) in [5, 5.41) is 10.3. The van der Waals surface area contributed by atoms with E-state index in [1.165, 1.54) is 24.5 Å². The molecule has 0 spiro atoms. The topological polar surface area (TPSA) is 98.6 Å². The quantitative estimate of drug-likeness (QED) is 0.405. The SMILES string of the molecule is COc1cc(C(=O)Cc2cc(C(=O)O)cc(-c3nc4ccncc4s3)c2)cc(C)c1OC. The molecular formula is C24H20N2O5S. The van der Waals surface area contributed by atoms with Crippen molar-refractivity contribution in [3.05, 3.63) is 71.0 Å². The van der Waals surface area contributed by atoms with Gasteiger partial charge in [0.15, 0.2) is 17.3 Å². The molecule has 32 heavy (non-hydrogen) atoms. The van der Waals surface area contributed by atoms with Crippen LogP contribution in [0.15, 0.2) is 48.8 Å². The van der Waals surface area contributed by atoms with Crippen LogP contribution in [0.25, 0.3) is 20.8 Å². The smallest absolute Gasteiger partial charge is 0.335 e. The van der Waals surface area contributed by atoms with E-state index >= 15 is 0 Å². The molecule has 7 nitrogen and oxygen atoms in total. The van der Waals surface area contributed by atoms with Crippen LogP contribution in [0.3, 0.4) is 0 Å². The first-order valence-corrected chi connectivity index (χ1v) is 10.5. The molecule has 2 aromatic heterocycles. The number of carbonyl (C=O) groups excluding carboxylic acids is 1. The van der Waals surface area contributed by atoms with Gasteiger partial charge < -0.3 is 14.6 Å². The van der Waals surface area contributed by atoms with Crippen molar-refractivity contribution in [3.63, 3.8) is 0 Å². The number of ether oxygens (including phenoxy) is 2. The molecule has 8 heteroatoms. The Kier molecular flexibility index (Phi) is 5.87. The summed E-state index contributed by atoms with van der Waals surface area (Å²) in [5.74, 6) is -0.176. The van der Waals surface area contributed by atoms with Crippen LogP contribution in [0, 0.1) is 6.92 Å². The largest absolute Gasteiger partial charge is 0.493 e. The normalized spacial score (nSPS) is 10.8. The number of nitrogens with zero attached hydrogens (tertiary/aromatic N) is 2. The molecule has 0 saturated heterocycles. The fraction of sp³-hybridized carbons (Fsp3) is 0.167. The van der Waals surface area contributed by atoms with Crippen LogP contribution < -0.4 is 9.47 Å². The molecule has 0 atom stereocenters. The first kappa shape index (κ1) is 21.5. The van der Waals surface area contributed by atoms with Crippen molar-refractivity contribution in [1.82, 2.24) is 9.97 Å². The maximum Gasteiger partial charge on any atom is 0.335 e. The highest BCUT2D eigenvalue weighted by molar-refractivity contribution is 7.21. The number of thiazole rings is 1. The zero-order chi connectivity index (χ0) is 22.8. The predicted octanol–water partition coefficient (Wildman–Crippen LogP) is 4.81. The molecule has 0 radical (unpaired) electrons. The molecule has 0 unspecified atom stereocenters. The summed E-state index contributed by atoms with van der Waals surface area (Å²) in [6.07, 6.45) is 3.42. The second-order valence-corrected chi connectivity index (χ2v) is 8.25. The van der Waals surface area contributed by atoms with E-state index < -0.39 is 5.97 Å². The number of benzene rings is 2. The number of ketones is 1. The summed E-state index contributed by atoms with van der Waals surface area (Å²) < 4.78 is 11.6. The number of aromatic carboxylic acids is 1. The van der Waals surface area contributed by atoms with E-state index in [9.17, 15) is 14.7 Å². The Hall–Kier alpha value is -3.78. The molecule has 1 N–H and O–H groups in total.